The first-order valence-electron chi connectivity index (χ1n) is 6.58. The molecule has 0 saturated carbocycles. The minimum absolute atomic E-state index is 0. The molecular weight excluding hydrogens is 266 g/mol. The normalized spacial score (nSPS) is 12.1. The average molecular weight is 290 g/mol. The third-order valence-corrected chi connectivity index (χ3v) is 3.04. The molecule has 1 heterocycles. The number of carbonyl (C=O) groups is 1. The predicted octanol–water partition coefficient (Wildman–Crippen LogP) is 2.47. The summed E-state index contributed by atoms with van der Waals surface area (Å²) in [6.07, 6.45) is 2.74. The molecule has 1 rings (SSSR count). The standard InChI is InChI=1S/C13H23N3O2.ClH/c1-4-10(5-2)11-8-12(18-16-11)13(17)15-7-6-9(3)14;/h8-10H,4-7,14H2,1-3H3,(H,15,17);1H. The molecule has 3 N–H and O–H groups in total. The number of aromatic nitrogens is 1. The fourth-order valence-corrected chi connectivity index (χ4v) is 1.80. The van der Waals surface area contributed by atoms with Crippen molar-refractivity contribution in [2.45, 2.75) is 52.0 Å². The molecule has 19 heavy (non-hydrogen) atoms. The van der Waals surface area contributed by atoms with Gasteiger partial charge >= 0.3 is 0 Å². The zero-order valence-electron chi connectivity index (χ0n) is 11.8. The van der Waals surface area contributed by atoms with Crippen molar-refractivity contribution in [3.8, 4) is 0 Å². The van der Waals surface area contributed by atoms with E-state index in [0.29, 0.717) is 12.5 Å². The summed E-state index contributed by atoms with van der Waals surface area (Å²) >= 11 is 0. The first-order chi connectivity index (χ1) is 8.58. The number of nitrogens with two attached hydrogens (primary N) is 1. The molecule has 0 saturated heterocycles. The van der Waals surface area contributed by atoms with Crippen LogP contribution in [0.25, 0.3) is 0 Å². The number of carbonyl (C=O) groups excluding carboxylic acids is 1. The van der Waals surface area contributed by atoms with E-state index in [9.17, 15) is 4.79 Å². The van der Waals surface area contributed by atoms with Gasteiger partial charge in [0.15, 0.2) is 0 Å². The van der Waals surface area contributed by atoms with Gasteiger partial charge in [0.25, 0.3) is 5.91 Å². The zero-order chi connectivity index (χ0) is 13.5. The van der Waals surface area contributed by atoms with Crippen molar-refractivity contribution in [1.82, 2.24) is 10.5 Å². The highest BCUT2D eigenvalue weighted by molar-refractivity contribution is 5.91. The second-order valence-electron chi connectivity index (χ2n) is 4.65. The molecule has 6 heteroatoms. The Labute approximate surface area is 120 Å². The molecule has 1 aromatic heterocycles. The molecule has 0 aliphatic carbocycles. The van der Waals surface area contributed by atoms with Gasteiger partial charge < -0.3 is 15.6 Å². The Morgan fingerprint density at radius 3 is 2.63 bits per heavy atom. The van der Waals surface area contributed by atoms with Crippen molar-refractivity contribution >= 4 is 18.3 Å². The van der Waals surface area contributed by atoms with Crippen LogP contribution in [0.1, 0.15) is 62.2 Å². The zero-order valence-corrected chi connectivity index (χ0v) is 12.6. The van der Waals surface area contributed by atoms with E-state index in [4.69, 9.17) is 10.3 Å². The maximum absolute atomic E-state index is 11.8. The molecule has 1 unspecified atom stereocenters. The molecule has 0 bridgehead atoms. The number of amides is 1. The minimum atomic E-state index is -0.222. The molecule has 1 amide bonds. The lowest BCUT2D eigenvalue weighted by Gasteiger charge is -2.06. The Kier molecular flexibility index (Phi) is 8.43. The van der Waals surface area contributed by atoms with Gasteiger partial charge in [0, 0.05) is 24.6 Å². The molecule has 1 aromatic rings. The topological polar surface area (TPSA) is 81.2 Å². The van der Waals surface area contributed by atoms with E-state index in [1.165, 1.54) is 0 Å². The van der Waals surface area contributed by atoms with E-state index in [0.717, 1.165) is 25.0 Å². The molecule has 1 atom stereocenters. The number of halogens is 1. The van der Waals surface area contributed by atoms with Gasteiger partial charge in [-0.1, -0.05) is 19.0 Å². The van der Waals surface area contributed by atoms with Crippen molar-refractivity contribution in [2.75, 3.05) is 6.54 Å². The smallest absolute Gasteiger partial charge is 0.289 e. The summed E-state index contributed by atoms with van der Waals surface area (Å²) in [5, 5.41) is 6.73. The van der Waals surface area contributed by atoms with E-state index >= 15 is 0 Å². The van der Waals surface area contributed by atoms with Crippen LogP contribution in [-0.4, -0.2) is 23.7 Å². The largest absolute Gasteiger partial charge is 0.351 e. The molecule has 0 aromatic carbocycles. The summed E-state index contributed by atoms with van der Waals surface area (Å²) in [6, 6.07) is 1.82. The Morgan fingerprint density at radius 1 is 1.47 bits per heavy atom. The summed E-state index contributed by atoms with van der Waals surface area (Å²) in [4.78, 5) is 11.8. The molecule has 0 fully saturated rings. The highest BCUT2D eigenvalue weighted by Crippen LogP contribution is 2.22. The lowest BCUT2D eigenvalue weighted by atomic mass is 9.99. The SMILES string of the molecule is CCC(CC)c1cc(C(=O)NCCC(C)N)on1.Cl. The van der Waals surface area contributed by atoms with E-state index < -0.39 is 0 Å². The second-order valence-corrected chi connectivity index (χ2v) is 4.65. The molecule has 5 nitrogen and oxygen atoms in total. The Morgan fingerprint density at radius 2 is 2.11 bits per heavy atom. The van der Waals surface area contributed by atoms with Gasteiger partial charge in [-0.05, 0) is 26.2 Å². The van der Waals surface area contributed by atoms with Gasteiger partial charge in [-0.15, -0.1) is 12.4 Å². The number of nitrogens with one attached hydrogen (secondary N) is 1. The van der Waals surface area contributed by atoms with Gasteiger partial charge in [0.2, 0.25) is 5.76 Å². The molecule has 0 spiro atoms. The Bertz CT molecular complexity index is 376. The fourth-order valence-electron chi connectivity index (χ4n) is 1.80. The third kappa shape index (κ3) is 5.61. The van der Waals surface area contributed by atoms with Crippen molar-refractivity contribution in [2.24, 2.45) is 5.73 Å². The highest BCUT2D eigenvalue weighted by Gasteiger charge is 2.17. The summed E-state index contributed by atoms with van der Waals surface area (Å²) < 4.78 is 5.08. The van der Waals surface area contributed by atoms with Gasteiger partial charge in [-0.25, -0.2) is 0 Å². The minimum Gasteiger partial charge on any atom is -0.351 e. The van der Waals surface area contributed by atoms with Crippen LogP contribution in [0.5, 0.6) is 0 Å². The number of hydrogen-bond donors (Lipinski definition) is 2. The maximum atomic E-state index is 11.8. The van der Waals surface area contributed by atoms with Crippen LogP contribution in [0.15, 0.2) is 10.6 Å². The Hall–Kier alpha value is -1.07. The van der Waals surface area contributed by atoms with Crippen LogP contribution in [-0.2, 0) is 0 Å². The van der Waals surface area contributed by atoms with Crippen molar-refractivity contribution in [1.29, 1.82) is 0 Å². The van der Waals surface area contributed by atoms with Crippen molar-refractivity contribution in [3.05, 3.63) is 17.5 Å². The number of nitrogens with zero attached hydrogens (tertiary/aromatic N) is 1. The van der Waals surface area contributed by atoms with E-state index in [-0.39, 0.29) is 30.1 Å². The average Bonchev–Trinajstić information content (AvgIpc) is 2.79. The van der Waals surface area contributed by atoms with Gasteiger partial charge in [0.05, 0.1) is 5.69 Å². The number of hydrogen-bond acceptors (Lipinski definition) is 4. The predicted molar refractivity (Wildman–Crippen MR) is 77.7 cm³/mol. The van der Waals surface area contributed by atoms with Crippen molar-refractivity contribution in [3.63, 3.8) is 0 Å². The van der Waals surface area contributed by atoms with Gasteiger partial charge in [-0.2, -0.15) is 0 Å². The first-order valence-corrected chi connectivity index (χ1v) is 6.58. The molecule has 110 valence electrons. The van der Waals surface area contributed by atoms with Crippen LogP contribution < -0.4 is 11.1 Å². The monoisotopic (exact) mass is 289 g/mol. The highest BCUT2D eigenvalue weighted by atomic mass is 35.5. The lowest BCUT2D eigenvalue weighted by Crippen LogP contribution is -2.28. The molecular formula is C13H24ClN3O2. The lowest BCUT2D eigenvalue weighted by molar-refractivity contribution is 0.0915. The van der Waals surface area contributed by atoms with Crippen LogP contribution in [0.3, 0.4) is 0 Å². The summed E-state index contributed by atoms with van der Waals surface area (Å²) in [6.45, 7) is 6.67. The summed E-state index contributed by atoms with van der Waals surface area (Å²) in [5.41, 5.74) is 6.47. The molecule has 0 aliphatic rings. The first kappa shape index (κ1) is 17.9. The Balaban J connectivity index is 0.00000324. The van der Waals surface area contributed by atoms with Gasteiger partial charge in [0.1, 0.15) is 0 Å². The third-order valence-electron chi connectivity index (χ3n) is 3.04. The fraction of sp³-hybridized carbons (Fsp3) is 0.692. The van der Waals surface area contributed by atoms with Crippen LogP contribution in [0, 0.1) is 0 Å². The van der Waals surface area contributed by atoms with E-state index in [1.54, 1.807) is 6.07 Å². The van der Waals surface area contributed by atoms with E-state index in [2.05, 4.69) is 24.3 Å². The van der Waals surface area contributed by atoms with Crippen LogP contribution in [0.2, 0.25) is 0 Å². The van der Waals surface area contributed by atoms with Gasteiger partial charge in [-0.3, -0.25) is 4.79 Å². The summed E-state index contributed by atoms with van der Waals surface area (Å²) in [5.74, 6) is 0.418. The number of rotatable bonds is 7. The maximum Gasteiger partial charge on any atom is 0.289 e. The van der Waals surface area contributed by atoms with Crippen LogP contribution >= 0.6 is 12.4 Å². The second kappa shape index (κ2) is 8.93. The van der Waals surface area contributed by atoms with Crippen LogP contribution in [0.4, 0.5) is 0 Å². The quantitative estimate of drug-likeness (QED) is 0.808. The summed E-state index contributed by atoms with van der Waals surface area (Å²) in [7, 11) is 0. The molecule has 0 aliphatic heterocycles. The van der Waals surface area contributed by atoms with Crippen molar-refractivity contribution < 1.29 is 9.32 Å². The van der Waals surface area contributed by atoms with E-state index in [1.807, 2.05) is 6.92 Å². The molecule has 0 radical (unpaired) electrons.